The number of benzene rings is 1. The number of nitrogens with one attached hydrogen (secondary N) is 1. The summed E-state index contributed by atoms with van der Waals surface area (Å²) in [5.41, 5.74) is -0.559. The lowest BCUT2D eigenvalue weighted by Crippen LogP contribution is -2.44. The molecule has 0 spiro atoms. The van der Waals surface area contributed by atoms with Gasteiger partial charge in [0.25, 0.3) is 0 Å². The fourth-order valence-corrected chi connectivity index (χ4v) is 4.64. The first kappa shape index (κ1) is 21.9. The van der Waals surface area contributed by atoms with E-state index in [-0.39, 0.29) is 0 Å². The SMILES string of the molecule is CC(C)(C)OC(=O)N[C@H](c1ccc(OCC23CCC(CC2)CC3)cc1)C(C)(C)O. The van der Waals surface area contributed by atoms with Crippen LogP contribution in [-0.4, -0.2) is 29.0 Å². The van der Waals surface area contributed by atoms with Gasteiger partial charge < -0.3 is 19.9 Å². The molecule has 1 atom stereocenters. The molecule has 0 radical (unpaired) electrons. The molecule has 1 aromatic carbocycles. The van der Waals surface area contributed by atoms with Crippen LogP contribution in [-0.2, 0) is 4.74 Å². The van der Waals surface area contributed by atoms with Gasteiger partial charge in [0, 0.05) is 5.41 Å². The molecule has 0 aliphatic heterocycles. The second-order valence-electron chi connectivity index (χ2n) is 10.6. The topological polar surface area (TPSA) is 67.8 Å². The van der Waals surface area contributed by atoms with Crippen molar-refractivity contribution in [1.29, 1.82) is 0 Å². The maximum absolute atomic E-state index is 12.2. The van der Waals surface area contributed by atoms with Crippen molar-refractivity contribution in [3.8, 4) is 5.75 Å². The number of rotatable bonds is 6. The van der Waals surface area contributed by atoms with E-state index in [1.54, 1.807) is 13.8 Å². The van der Waals surface area contributed by atoms with Crippen LogP contribution >= 0.6 is 0 Å². The lowest BCUT2D eigenvalue weighted by molar-refractivity contribution is 0.0160. The van der Waals surface area contributed by atoms with Crippen LogP contribution < -0.4 is 10.1 Å². The molecule has 2 bridgehead atoms. The van der Waals surface area contributed by atoms with Crippen LogP contribution in [0.4, 0.5) is 4.79 Å². The van der Waals surface area contributed by atoms with Gasteiger partial charge in [-0.3, -0.25) is 0 Å². The van der Waals surface area contributed by atoms with Gasteiger partial charge in [0.2, 0.25) is 0 Å². The number of aliphatic hydroxyl groups is 1. The molecule has 3 fully saturated rings. The fourth-order valence-electron chi connectivity index (χ4n) is 4.64. The molecule has 1 aromatic rings. The molecule has 0 heterocycles. The Morgan fingerprint density at radius 1 is 1.10 bits per heavy atom. The predicted molar refractivity (Wildman–Crippen MR) is 114 cm³/mol. The highest BCUT2D eigenvalue weighted by Crippen LogP contribution is 2.50. The molecule has 2 N–H and O–H groups in total. The number of hydrogen-bond donors (Lipinski definition) is 2. The van der Waals surface area contributed by atoms with E-state index in [0.717, 1.165) is 23.8 Å². The largest absolute Gasteiger partial charge is 0.493 e. The highest BCUT2D eigenvalue weighted by Gasteiger charge is 2.41. The highest BCUT2D eigenvalue weighted by molar-refractivity contribution is 5.68. The molecule has 29 heavy (non-hydrogen) atoms. The average Bonchev–Trinajstić information content (AvgIpc) is 2.64. The maximum Gasteiger partial charge on any atom is 0.408 e. The number of ether oxygens (including phenoxy) is 2. The van der Waals surface area contributed by atoms with Crippen molar-refractivity contribution >= 4 is 6.09 Å². The van der Waals surface area contributed by atoms with Crippen molar-refractivity contribution < 1.29 is 19.4 Å². The minimum absolute atomic E-state index is 0.362. The monoisotopic (exact) mass is 403 g/mol. The number of hydrogen-bond acceptors (Lipinski definition) is 4. The Balaban J connectivity index is 1.63. The Kier molecular flexibility index (Phi) is 6.19. The van der Waals surface area contributed by atoms with Crippen molar-refractivity contribution in [3.05, 3.63) is 29.8 Å². The van der Waals surface area contributed by atoms with Gasteiger partial charge in [-0.25, -0.2) is 4.79 Å². The summed E-state index contributed by atoms with van der Waals surface area (Å²) in [7, 11) is 0. The average molecular weight is 404 g/mol. The Morgan fingerprint density at radius 2 is 1.66 bits per heavy atom. The van der Waals surface area contributed by atoms with Gasteiger partial charge >= 0.3 is 6.09 Å². The van der Waals surface area contributed by atoms with Crippen LogP contribution in [0.1, 0.15) is 84.7 Å². The lowest BCUT2D eigenvalue weighted by atomic mass is 9.61. The van der Waals surface area contributed by atoms with Crippen LogP contribution in [0.3, 0.4) is 0 Å². The van der Waals surface area contributed by atoms with E-state index in [2.05, 4.69) is 5.32 Å². The molecule has 3 aliphatic carbocycles. The third kappa shape index (κ3) is 5.88. The zero-order valence-corrected chi connectivity index (χ0v) is 18.6. The van der Waals surface area contributed by atoms with E-state index in [1.165, 1.54) is 38.5 Å². The van der Waals surface area contributed by atoms with Gasteiger partial charge in [0.1, 0.15) is 11.4 Å². The van der Waals surface area contributed by atoms with Crippen molar-refractivity contribution in [3.63, 3.8) is 0 Å². The predicted octanol–water partition coefficient (Wildman–Crippen LogP) is 5.37. The molecule has 0 unspecified atom stereocenters. The van der Waals surface area contributed by atoms with Gasteiger partial charge in [-0.1, -0.05) is 12.1 Å². The first-order valence-electron chi connectivity index (χ1n) is 10.9. The molecular formula is C24H37NO4. The molecule has 162 valence electrons. The van der Waals surface area contributed by atoms with Gasteiger partial charge in [-0.15, -0.1) is 0 Å². The fraction of sp³-hybridized carbons (Fsp3) is 0.708. The van der Waals surface area contributed by atoms with E-state index in [1.807, 2.05) is 45.0 Å². The van der Waals surface area contributed by atoms with Crippen molar-refractivity contribution in [2.24, 2.45) is 11.3 Å². The molecule has 0 saturated heterocycles. The Labute approximate surface area is 175 Å². The minimum atomic E-state index is -1.14. The second kappa shape index (κ2) is 8.17. The maximum atomic E-state index is 12.2. The van der Waals surface area contributed by atoms with Crippen LogP contribution in [0.25, 0.3) is 0 Å². The Morgan fingerprint density at radius 3 is 2.14 bits per heavy atom. The van der Waals surface area contributed by atoms with Gasteiger partial charge in [0.05, 0.1) is 18.2 Å². The lowest BCUT2D eigenvalue weighted by Gasteiger charge is -2.46. The van der Waals surface area contributed by atoms with Crippen LogP contribution in [0.2, 0.25) is 0 Å². The number of carbonyl (C=O) groups is 1. The third-order valence-electron chi connectivity index (χ3n) is 6.37. The molecule has 3 saturated carbocycles. The molecule has 0 aromatic heterocycles. The molecule has 4 rings (SSSR count). The van der Waals surface area contributed by atoms with E-state index in [9.17, 15) is 9.90 Å². The quantitative estimate of drug-likeness (QED) is 0.670. The van der Waals surface area contributed by atoms with E-state index >= 15 is 0 Å². The molecular weight excluding hydrogens is 366 g/mol. The summed E-state index contributed by atoms with van der Waals surface area (Å²) < 4.78 is 11.5. The van der Waals surface area contributed by atoms with E-state index < -0.39 is 23.3 Å². The van der Waals surface area contributed by atoms with Crippen LogP contribution in [0, 0.1) is 11.3 Å². The Bertz CT molecular complexity index is 677. The molecule has 5 nitrogen and oxygen atoms in total. The van der Waals surface area contributed by atoms with Crippen molar-refractivity contribution in [2.45, 2.75) is 90.4 Å². The Hall–Kier alpha value is -1.75. The molecule has 3 aliphatic rings. The minimum Gasteiger partial charge on any atom is -0.493 e. The van der Waals surface area contributed by atoms with E-state index in [0.29, 0.717) is 5.41 Å². The second-order valence-corrected chi connectivity index (χ2v) is 10.6. The summed E-state index contributed by atoms with van der Waals surface area (Å²) in [6, 6.07) is 7.08. The summed E-state index contributed by atoms with van der Waals surface area (Å²) in [5, 5.41) is 13.4. The summed E-state index contributed by atoms with van der Waals surface area (Å²) in [6.07, 6.45) is 7.38. The summed E-state index contributed by atoms with van der Waals surface area (Å²) in [6.45, 7) is 9.59. The number of alkyl carbamates (subject to hydrolysis) is 1. The normalized spacial score (nSPS) is 25.4. The van der Waals surface area contributed by atoms with Gasteiger partial charge in [0.15, 0.2) is 0 Å². The summed E-state index contributed by atoms with van der Waals surface area (Å²) in [4.78, 5) is 12.2. The van der Waals surface area contributed by atoms with Crippen molar-refractivity contribution in [2.75, 3.05) is 6.61 Å². The first-order chi connectivity index (χ1) is 13.5. The van der Waals surface area contributed by atoms with Gasteiger partial charge in [-0.05, 0) is 96.8 Å². The third-order valence-corrected chi connectivity index (χ3v) is 6.37. The van der Waals surface area contributed by atoms with Crippen molar-refractivity contribution in [1.82, 2.24) is 5.32 Å². The van der Waals surface area contributed by atoms with E-state index in [4.69, 9.17) is 9.47 Å². The molecule has 1 amide bonds. The van der Waals surface area contributed by atoms with Crippen LogP contribution in [0.5, 0.6) is 5.75 Å². The number of fused-ring (bicyclic) bond motifs is 3. The zero-order valence-electron chi connectivity index (χ0n) is 18.6. The summed E-state index contributed by atoms with van der Waals surface area (Å²) >= 11 is 0. The van der Waals surface area contributed by atoms with Crippen LogP contribution in [0.15, 0.2) is 24.3 Å². The zero-order chi connectivity index (χ0) is 21.3. The summed E-state index contributed by atoms with van der Waals surface area (Å²) in [5.74, 6) is 1.79. The highest BCUT2D eigenvalue weighted by atomic mass is 16.6. The number of carbonyl (C=O) groups excluding carboxylic acids is 1. The first-order valence-corrected chi connectivity index (χ1v) is 10.9. The van der Waals surface area contributed by atoms with Gasteiger partial charge in [-0.2, -0.15) is 0 Å². The number of amides is 1. The smallest absolute Gasteiger partial charge is 0.408 e. The molecule has 5 heteroatoms. The standard InChI is InChI=1S/C24H37NO4/c1-22(2,3)29-21(26)25-20(23(4,5)27)18-6-8-19(9-7-18)28-16-24-13-10-17(11-14-24)12-15-24/h6-9,17,20,27H,10-16H2,1-5H3,(H,25,26)/t17?,20-,24?/m1/s1.